The van der Waals surface area contributed by atoms with Gasteiger partial charge < -0.3 is 20.5 Å². The third-order valence-corrected chi connectivity index (χ3v) is 3.78. The zero-order valence-electron chi connectivity index (χ0n) is 10.5. The third-order valence-electron chi connectivity index (χ3n) is 3.78. The minimum absolute atomic E-state index is 0.201. The van der Waals surface area contributed by atoms with Crippen LogP contribution in [-0.4, -0.2) is 48.6 Å². The second-order valence-electron chi connectivity index (χ2n) is 4.83. The van der Waals surface area contributed by atoms with E-state index >= 15 is 0 Å². The fourth-order valence-corrected chi connectivity index (χ4v) is 2.68. The molecule has 4 N–H and O–H groups in total. The maximum atomic E-state index is 14.3. The summed E-state index contributed by atoms with van der Waals surface area (Å²) < 4.78 is 15.8. The SMILES string of the molecule is C=C1[C@H](CO)C(O)[C@@H](F)[C@H]1n1cnc2c(N)ncnc21. The van der Waals surface area contributed by atoms with Gasteiger partial charge in [0, 0.05) is 5.92 Å². The zero-order chi connectivity index (χ0) is 14.4. The molecule has 1 aliphatic carbocycles. The fourth-order valence-electron chi connectivity index (χ4n) is 2.68. The van der Waals surface area contributed by atoms with Crippen molar-refractivity contribution in [1.82, 2.24) is 19.5 Å². The van der Waals surface area contributed by atoms with Crippen LogP contribution in [-0.2, 0) is 0 Å². The fraction of sp³-hybridized carbons (Fsp3) is 0.417. The molecule has 4 atom stereocenters. The smallest absolute Gasteiger partial charge is 0.166 e. The molecule has 1 unspecified atom stereocenters. The van der Waals surface area contributed by atoms with E-state index < -0.39 is 24.2 Å². The first-order chi connectivity index (χ1) is 9.56. The van der Waals surface area contributed by atoms with Crippen molar-refractivity contribution in [2.24, 2.45) is 5.92 Å². The molecule has 2 heterocycles. The minimum Gasteiger partial charge on any atom is -0.396 e. The molecular formula is C12H14FN5O2. The molecular weight excluding hydrogens is 265 g/mol. The van der Waals surface area contributed by atoms with E-state index in [1.165, 1.54) is 17.2 Å². The predicted molar refractivity (Wildman–Crippen MR) is 69.4 cm³/mol. The van der Waals surface area contributed by atoms with Crippen LogP contribution in [0.4, 0.5) is 10.2 Å². The van der Waals surface area contributed by atoms with Crippen LogP contribution < -0.4 is 5.73 Å². The summed E-state index contributed by atoms with van der Waals surface area (Å²) >= 11 is 0. The lowest BCUT2D eigenvalue weighted by Crippen LogP contribution is -2.26. The molecule has 0 spiro atoms. The number of aliphatic hydroxyl groups is 2. The molecule has 2 aromatic rings. The molecule has 1 saturated carbocycles. The summed E-state index contributed by atoms with van der Waals surface area (Å²) in [5, 5.41) is 19.1. The van der Waals surface area contributed by atoms with E-state index in [0.717, 1.165) is 0 Å². The molecule has 0 saturated heterocycles. The number of hydrogen-bond donors (Lipinski definition) is 3. The minimum atomic E-state index is -1.59. The summed E-state index contributed by atoms with van der Waals surface area (Å²) in [7, 11) is 0. The van der Waals surface area contributed by atoms with Crippen LogP contribution in [0.5, 0.6) is 0 Å². The van der Waals surface area contributed by atoms with Crippen LogP contribution in [0.3, 0.4) is 0 Å². The molecule has 1 aliphatic rings. The van der Waals surface area contributed by atoms with E-state index in [0.29, 0.717) is 16.7 Å². The topological polar surface area (TPSA) is 110 Å². The number of alkyl halides is 1. The molecule has 20 heavy (non-hydrogen) atoms. The summed E-state index contributed by atoms with van der Waals surface area (Å²) in [4.78, 5) is 11.9. The highest BCUT2D eigenvalue weighted by Gasteiger charge is 2.47. The largest absolute Gasteiger partial charge is 0.396 e. The first kappa shape index (κ1) is 12.9. The van der Waals surface area contributed by atoms with Gasteiger partial charge in [-0.25, -0.2) is 19.3 Å². The van der Waals surface area contributed by atoms with Gasteiger partial charge in [-0.2, -0.15) is 0 Å². The lowest BCUT2D eigenvalue weighted by Gasteiger charge is -2.17. The number of anilines is 1. The van der Waals surface area contributed by atoms with Crippen LogP contribution in [0, 0.1) is 5.92 Å². The average molecular weight is 279 g/mol. The predicted octanol–water partition coefficient (Wildman–Crippen LogP) is -0.173. The van der Waals surface area contributed by atoms with Gasteiger partial charge in [0.15, 0.2) is 17.6 Å². The Morgan fingerprint density at radius 3 is 2.80 bits per heavy atom. The van der Waals surface area contributed by atoms with Crippen LogP contribution in [0.2, 0.25) is 0 Å². The molecule has 7 nitrogen and oxygen atoms in total. The van der Waals surface area contributed by atoms with Crippen molar-refractivity contribution >= 4 is 17.0 Å². The van der Waals surface area contributed by atoms with Crippen LogP contribution in [0.25, 0.3) is 11.2 Å². The van der Waals surface area contributed by atoms with Crippen molar-refractivity contribution in [3.63, 3.8) is 0 Å². The number of aliphatic hydroxyl groups excluding tert-OH is 2. The van der Waals surface area contributed by atoms with E-state index in [9.17, 15) is 14.6 Å². The van der Waals surface area contributed by atoms with Gasteiger partial charge in [-0.3, -0.25) is 0 Å². The van der Waals surface area contributed by atoms with E-state index in [2.05, 4.69) is 21.5 Å². The summed E-state index contributed by atoms with van der Waals surface area (Å²) in [5.74, 6) is -0.501. The third kappa shape index (κ3) is 1.61. The molecule has 0 aliphatic heterocycles. The molecule has 0 aromatic carbocycles. The van der Waals surface area contributed by atoms with E-state index in [4.69, 9.17) is 5.73 Å². The maximum Gasteiger partial charge on any atom is 0.166 e. The quantitative estimate of drug-likeness (QED) is 0.658. The number of aromatic nitrogens is 4. The molecule has 1 fully saturated rings. The maximum absolute atomic E-state index is 14.3. The number of imidazole rings is 1. The van der Waals surface area contributed by atoms with E-state index in [-0.39, 0.29) is 12.4 Å². The molecule has 0 radical (unpaired) electrons. The first-order valence-corrected chi connectivity index (χ1v) is 6.11. The molecule has 8 heteroatoms. The summed E-state index contributed by atoms with van der Waals surface area (Å²) in [6.07, 6.45) is -0.229. The van der Waals surface area contributed by atoms with E-state index in [1.54, 1.807) is 0 Å². The molecule has 106 valence electrons. The van der Waals surface area contributed by atoms with Crippen molar-refractivity contribution in [3.05, 3.63) is 24.8 Å². The highest BCUT2D eigenvalue weighted by molar-refractivity contribution is 5.81. The van der Waals surface area contributed by atoms with Gasteiger partial charge in [0.05, 0.1) is 25.1 Å². The molecule has 3 rings (SSSR count). The average Bonchev–Trinajstić information content (AvgIpc) is 2.92. The Morgan fingerprint density at radius 2 is 2.15 bits per heavy atom. The normalized spacial score (nSPS) is 30.2. The Kier molecular flexibility index (Phi) is 2.91. The Hall–Kier alpha value is -2.06. The van der Waals surface area contributed by atoms with Gasteiger partial charge in [-0.1, -0.05) is 6.58 Å². The summed E-state index contributed by atoms with van der Waals surface area (Å²) in [6.45, 7) is 3.43. The number of nitrogen functional groups attached to an aromatic ring is 1. The lowest BCUT2D eigenvalue weighted by molar-refractivity contribution is 0.0426. The highest BCUT2D eigenvalue weighted by Crippen LogP contribution is 2.42. The molecule has 0 amide bonds. The molecule has 0 bridgehead atoms. The molecule has 2 aromatic heterocycles. The van der Waals surface area contributed by atoms with Gasteiger partial charge in [-0.05, 0) is 5.57 Å². The van der Waals surface area contributed by atoms with Gasteiger partial charge in [0.25, 0.3) is 0 Å². The number of rotatable bonds is 2. The van der Waals surface area contributed by atoms with Crippen molar-refractivity contribution < 1.29 is 14.6 Å². The van der Waals surface area contributed by atoms with Crippen LogP contribution in [0.15, 0.2) is 24.8 Å². The lowest BCUT2D eigenvalue weighted by atomic mass is 10.0. The Morgan fingerprint density at radius 1 is 1.40 bits per heavy atom. The Labute approximate surface area is 113 Å². The monoisotopic (exact) mass is 279 g/mol. The van der Waals surface area contributed by atoms with Gasteiger partial charge >= 0.3 is 0 Å². The number of nitrogens with zero attached hydrogens (tertiary/aromatic N) is 4. The van der Waals surface area contributed by atoms with Crippen molar-refractivity contribution in [3.8, 4) is 0 Å². The van der Waals surface area contributed by atoms with Crippen molar-refractivity contribution in [1.29, 1.82) is 0 Å². The van der Waals surface area contributed by atoms with Gasteiger partial charge in [0.2, 0.25) is 0 Å². The number of halogens is 1. The summed E-state index contributed by atoms with van der Waals surface area (Å²) in [6, 6.07) is -0.832. The first-order valence-electron chi connectivity index (χ1n) is 6.11. The summed E-state index contributed by atoms with van der Waals surface area (Å²) in [5.41, 5.74) is 6.83. The highest BCUT2D eigenvalue weighted by atomic mass is 19.1. The second kappa shape index (κ2) is 4.50. The number of nitrogens with two attached hydrogens (primary N) is 1. The Bertz CT molecular complexity index is 673. The Balaban J connectivity index is 2.12. The van der Waals surface area contributed by atoms with Gasteiger partial charge in [0.1, 0.15) is 11.8 Å². The van der Waals surface area contributed by atoms with E-state index in [1.807, 2.05) is 0 Å². The number of fused-ring (bicyclic) bond motifs is 1. The van der Waals surface area contributed by atoms with Crippen molar-refractivity contribution in [2.75, 3.05) is 12.3 Å². The standard InChI is InChI=1S/C12H14FN5O2/c1-5-6(2-19)10(20)7(13)9(5)18-4-17-8-11(14)15-3-16-12(8)18/h3-4,6-7,9-10,19-20H,1-2H2,(H2,14,15,16)/t6-,7-,9-,10?/m0/s1. The van der Waals surface area contributed by atoms with Crippen LogP contribution in [0.1, 0.15) is 6.04 Å². The van der Waals surface area contributed by atoms with Crippen molar-refractivity contribution in [2.45, 2.75) is 18.3 Å². The van der Waals surface area contributed by atoms with Gasteiger partial charge in [-0.15, -0.1) is 0 Å². The second-order valence-corrected chi connectivity index (χ2v) is 4.83. The number of hydrogen-bond acceptors (Lipinski definition) is 6. The van der Waals surface area contributed by atoms with Crippen LogP contribution >= 0.6 is 0 Å². The zero-order valence-corrected chi connectivity index (χ0v) is 10.5.